The number of fused-ring (bicyclic) bond motifs is 1. The first-order valence-corrected chi connectivity index (χ1v) is 8.93. The first kappa shape index (κ1) is 14.9. The number of rotatable bonds is 4. The van der Waals surface area contributed by atoms with Gasteiger partial charge >= 0.3 is 0 Å². The van der Waals surface area contributed by atoms with Gasteiger partial charge in [-0.15, -0.1) is 0 Å². The van der Waals surface area contributed by atoms with E-state index in [1.165, 1.54) is 69.3 Å². The van der Waals surface area contributed by atoms with Crippen LogP contribution in [-0.4, -0.2) is 19.1 Å². The Bertz CT molecular complexity index is 437. The Kier molecular flexibility index (Phi) is 5.18. The van der Waals surface area contributed by atoms with E-state index in [1.54, 1.807) is 0 Å². The number of anilines is 1. The standard InChI is InChI=1S/C19H30N2/c1-2-8-18-15-21(14-16-9-4-3-5-10-16)19-12-7-6-11-17(19)13-20-18/h6-7,11-12,16,18,20H,2-5,8-10,13-15H2,1H3. The summed E-state index contributed by atoms with van der Waals surface area (Å²) in [6.07, 6.45) is 9.76. The SMILES string of the molecule is CCCC1CN(CC2CCCCC2)c2ccccc2CN1. The number of nitrogens with zero attached hydrogens (tertiary/aromatic N) is 1. The summed E-state index contributed by atoms with van der Waals surface area (Å²) in [4.78, 5) is 2.69. The molecule has 3 rings (SSSR count). The molecule has 2 nitrogen and oxygen atoms in total. The molecule has 1 unspecified atom stereocenters. The van der Waals surface area contributed by atoms with Gasteiger partial charge in [-0.3, -0.25) is 0 Å². The Morgan fingerprint density at radius 3 is 2.76 bits per heavy atom. The molecule has 0 radical (unpaired) electrons. The van der Waals surface area contributed by atoms with Gasteiger partial charge in [-0.25, -0.2) is 0 Å². The van der Waals surface area contributed by atoms with Crippen molar-refractivity contribution in [3.8, 4) is 0 Å². The van der Waals surface area contributed by atoms with Crippen molar-refractivity contribution in [2.24, 2.45) is 5.92 Å². The molecule has 2 aliphatic rings. The van der Waals surface area contributed by atoms with E-state index in [9.17, 15) is 0 Å². The van der Waals surface area contributed by atoms with Crippen LogP contribution in [0.5, 0.6) is 0 Å². The van der Waals surface area contributed by atoms with Gasteiger partial charge < -0.3 is 10.2 Å². The minimum atomic E-state index is 0.644. The highest BCUT2D eigenvalue weighted by Crippen LogP contribution is 2.29. The molecule has 116 valence electrons. The third-order valence-corrected chi connectivity index (χ3v) is 5.19. The molecule has 0 bridgehead atoms. The molecule has 1 aromatic rings. The van der Waals surface area contributed by atoms with Crippen LogP contribution in [0.15, 0.2) is 24.3 Å². The first-order valence-electron chi connectivity index (χ1n) is 8.93. The van der Waals surface area contributed by atoms with Crippen molar-refractivity contribution in [3.63, 3.8) is 0 Å². The molecule has 0 aromatic heterocycles. The molecule has 2 heteroatoms. The molecule has 1 aromatic carbocycles. The molecule has 1 saturated carbocycles. The molecule has 1 N–H and O–H groups in total. The maximum absolute atomic E-state index is 3.76. The Morgan fingerprint density at radius 1 is 1.14 bits per heavy atom. The molecule has 1 heterocycles. The number of nitrogens with one attached hydrogen (secondary N) is 1. The van der Waals surface area contributed by atoms with Crippen molar-refractivity contribution in [1.82, 2.24) is 5.32 Å². The van der Waals surface area contributed by atoms with Gasteiger partial charge in [0, 0.05) is 31.4 Å². The Hall–Kier alpha value is -1.02. The summed E-state index contributed by atoms with van der Waals surface area (Å²) in [6, 6.07) is 9.65. The lowest BCUT2D eigenvalue weighted by Gasteiger charge is -2.33. The van der Waals surface area contributed by atoms with Crippen LogP contribution in [0.2, 0.25) is 0 Å². The summed E-state index contributed by atoms with van der Waals surface area (Å²) in [5.41, 5.74) is 2.96. The molecule has 0 amide bonds. The quantitative estimate of drug-likeness (QED) is 0.885. The van der Waals surface area contributed by atoms with Crippen LogP contribution >= 0.6 is 0 Å². The summed E-state index contributed by atoms with van der Waals surface area (Å²) in [6.45, 7) is 5.77. The maximum Gasteiger partial charge on any atom is 0.0412 e. The molecular formula is C19H30N2. The highest BCUT2D eigenvalue weighted by molar-refractivity contribution is 5.54. The Balaban J connectivity index is 1.76. The number of para-hydroxylation sites is 1. The van der Waals surface area contributed by atoms with Crippen molar-refractivity contribution >= 4 is 5.69 Å². The summed E-state index contributed by atoms with van der Waals surface area (Å²) >= 11 is 0. The van der Waals surface area contributed by atoms with E-state index in [0.29, 0.717) is 6.04 Å². The second-order valence-electron chi connectivity index (χ2n) is 6.90. The smallest absolute Gasteiger partial charge is 0.0412 e. The van der Waals surface area contributed by atoms with Crippen molar-refractivity contribution in [2.45, 2.75) is 64.5 Å². The van der Waals surface area contributed by atoms with Gasteiger partial charge in [0.1, 0.15) is 0 Å². The Labute approximate surface area is 129 Å². The summed E-state index contributed by atoms with van der Waals surface area (Å²) in [5.74, 6) is 0.909. The van der Waals surface area contributed by atoms with E-state index in [1.807, 2.05) is 0 Å². The van der Waals surface area contributed by atoms with Crippen molar-refractivity contribution < 1.29 is 0 Å². The van der Waals surface area contributed by atoms with Crippen LogP contribution in [0.1, 0.15) is 57.4 Å². The van der Waals surface area contributed by atoms with Crippen LogP contribution < -0.4 is 10.2 Å². The van der Waals surface area contributed by atoms with Crippen molar-refractivity contribution in [3.05, 3.63) is 29.8 Å². The van der Waals surface area contributed by atoms with Crippen LogP contribution in [-0.2, 0) is 6.54 Å². The zero-order valence-corrected chi connectivity index (χ0v) is 13.5. The second-order valence-corrected chi connectivity index (χ2v) is 6.90. The first-order chi connectivity index (χ1) is 10.4. The van der Waals surface area contributed by atoms with Gasteiger partial charge in [-0.1, -0.05) is 50.8 Å². The number of benzene rings is 1. The van der Waals surface area contributed by atoms with Crippen LogP contribution in [0.25, 0.3) is 0 Å². The molecule has 0 spiro atoms. The summed E-state index contributed by atoms with van der Waals surface area (Å²) < 4.78 is 0. The largest absolute Gasteiger partial charge is 0.369 e. The van der Waals surface area contributed by atoms with E-state index >= 15 is 0 Å². The molecule has 1 aliphatic heterocycles. The van der Waals surface area contributed by atoms with Gasteiger partial charge in [0.05, 0.1) is 0 Å². The zero-order chi connectivity index (χ0) is 14.5. The summed E-state index contributed by atoms with van der Waals surface area (Å²) in [5, 5.41) is 3.76. The average molecular weight is 286 g/mol. The minimum Gasteiger partial charge on any atom is -0.369 e. The fourth-order valence-electron chi connectivity index (χ4n) is 4.05. The minimum absolute atomic E-state index is 0.644. The molecule has 1 aliphatic carbocycles. The fourth-order valence-corrected chi connectivity index (χ4v) is 4.05. The van der Waals surface area contributed by atoms with Gasteiger partial charge in [0.25, 0.3) is 0 Å². The lowest BCUT2D eigenvalue weighted by molar-refractivity contribution is 0.353. The number of hydrogen-bond donors (Lipinski definition) is 1. The van der Waals surface area contributed by atoms with Crippen molar-refractivity contribution in [1.29, 1.82) is 0 Å². The summed E-state index contributed by atoms with van der Waals surface area (Å²) in [7, 11) is 0. The fraction of sp³-hybridized carbons (Fsp3) is 0.684. The Morgan fingerprint density at radius 2 is 1.95 bits per heavy atom. The van der Waals surface area contributed by atoms with E-state index in [0.717, 1.165) is 12.5 Å². The number of hydrogen-bond acceptors (Lipinski definition) is 2. The molecule has 21 heavy (non-hydrogen) atoms. The molecule has 0 saturated heterocycles. The highest BCUT2D eigenvalue weighted by Gasteiger charge is 2.24. The second kappa shape index (κ2) is 7.31. The van der Waals surface area contributed by atoms with Gasteiger partial charge in [-0.2, -0.15) is 0 Å². The lowest BCUT2D eigenvalue weighted by atomic mass is 9.88. The van der Waals surface area contributed by atoms with E-state index < -0.39 is 0 Å². The van der Waals surface area contributed by atoms with Crippen molar-refractivity contribution in [2.75, 3.05) is 18.0 Å². The molecule has 1 fully saturated rings. The van der Waals surface area contributed by atoms with Crippen LogP contribution in [0, 0.1) is 5.92 Å². The van der Waals surface area contributed by atoms with Gasteiger partial charge in [0.2, 0.25) is 0 Å². The molecule has 1 atom stereocenters. The zero-order valence-electron chi connectivity index (χ0n) is 13.5. The highest BCUT2D eigenvalue weighted by atomic mass is 15.2. The topological polar surface area (TPSA) is 15.3 Å². The van der Waals surface area contributed by atoms with Crippen LogP contribution in [0.4, 0.5) is 5.69 Å². The molecular weight excluding hydrogens is 256 g/mol. The van der Waals surface area contributed by atoms with E-state index in [4.69, 9.17) is 0 Å². The predicted molar refractivity (Wildman–Crippen MR) is 90.8 cm³/mol. The monoisotopic (exact) mass is 286 g/mol. The van der Waals surface area contributed by atoms with Gasteiger partial charge in [-0.05, 0) is 36.8 Å². The predicted octanol–water partition coefficient (Wildman–Crippen LogP) is 4.35. The average Bonchev–Trinajstić information content (AvgIpc) is 2.69. The van der Waals surface area contributed by atoms with E-state index in [-0.39, 0.29) is 0 Å². The third kappa shape index (κ3) is 3.79. The normalized spacial score (nSPS) is 23.7. The maximum atomic E-state index is 3.76. The van der Waals surface area contributed by atoms with E-state index in [2.05, 4.69) is 41.4 Å². The van der Waals surface area contributed by atoms with Crippen LogP contribution in [0.3, 0.4) is 0 Å². The lowest BCUT2D eigenvalue weighted by Crippen LogP contribution is -2.40. The van der Waals surface area contributed by atoms with Gasteiger partial charge in [0.15, 0.2) is 0 Å². The third-order valence-electron chi connectivity index (χ3n) is 5.19.